The van der Waals surface area contributed by atoms with Crippen LogP contribution in [0.15, 0.2) is 85.1 Å². The summed E-state index contributed by atoms with van der Waals surface area (Å²) in [6.45, 7) is 5.44. The third-order valence-electron chi connectivity index (χ3n) is 5.69. The smallest absolute Gasteiger partial charge is 0.407 e. The molecule has 0 N–H and O–H groups in total. The van der Waals surface area contributed by atoms with Crippen molar-refractivity contribution in [2.45, 2.75) is 20.4 Å². The van der Waals surface area contributed by atoms with Gasteiger partial charge in [-0.05, 0) is 36.5 Å². The molecule has 2 aromatic heterocycles. The van der Waals surface area contributed by atoms with Gasteiger partial charge in [-0.3, -0.25) is 0 Å². The molecule has 1 aliphatic heterocycles. The maximum absolute atomic E-state index is 4.22. The second kappa shape index (κ2) is 10.3. The molecule has 3 heterocycles. The molecule has 4 nitrogen and oxygen atoms in total. The summed E-state index contributed by atoms with van der Waals surface area (Å²) >= 11 is 0. The van der Waals surface area contributed by atoms with Gasteiger partial charge in [0.05, 0.1) is 17.6 Å². The number of benzene rings is 3. The first kappa shape index (κ1) is 23.9. The Labute approximate surface area is 214 Å². The van der Waals surface area contributed by atoms with Gasteiger partial charge < -0.3 is 19.0 Å². The van der Waals surface area contributed by atoms with Gasteiger partial charge in [0.1, 0.15) is 0 Å². The Morgan fingerprint density at radius 2 is 1.68 bits per heavy atom. The summed E-state index contributed by atoms with van der Waals surface area (Å²) in [5.74, 6) is 0.590. The fraction of sp³-hybridized carbons (Fsp3) is 0.172. The van der Waals surface area contributed by atoms with Crippen LogP contribution in [0.25, 0.3) is 28.0 Å². The zero-order valence-corrected chi connectivity index (χ0v) is 21.9. The summed E-state index contributed by atoms with van der Waals surface area (Å²) in [5, 5.41) is 0. The average molecular weight is 623 g/mol. The summed E-state index contributed by atoms with van der Waals surface area (Å²) in [4.78, 5) is 6.46. The van der Waals surface area contributed by atoms with Gasteiger partial charge in [0.25, 0.3) is 0 Å². The number of hydrogen-bond donors (Lipinski definition) is 0. The van der Waals surface area contributed by atoms with Gasteiger partial charge in [-0.2, -0.15) is 24.3 Å². The van der Waals surface area contributed by atoms with E-state index < -0.39 is 0 Å². The third-order valence-corrected chi connectivity index (χ3v) is 5.69. The monoisotopic (exact) mass is 623 g/mol. The molecule has 0 saturated heterocycles. The molecule has 0 aliphatic carbocycles. The van der Waals surface area contributed by atoms with Crippen molar-refractivity contribution >= 4 is 22.4 Å². The molecule has 34 heavy (non-hydrogen) atoms. The number of anilines is 2. The predicted octanol–water partition coefficient (Wildman–Crippen LogP) is 5.80. The molecule has 0 spiro atoms. The number of pyridine rings is 1. The molecular weight excluding hydrogens is 597 g/mol. The number of imidazole rings is 1. The van der Waals surface area contributed by atoms with E-state index in [1.54, 1.807) is 6.20 Å². The van der Waals surface area contributed by atoms with Crippen LogP contribution in [0.2, 0.25) is 0 Å². The van der Waals surface area contributed by atoms with Crippen LogP contribution in [0, 0.1) is 24.4 Å². The minimum absolute atomic E-state index is 0. The molecule has 0 amide bonds. The second-order valence-corrected chi connectivity index (χ2v) is 8.54. The van der Waals surface area contributed by atoms with Crippen LogP contribution in [0.5, 0.6) is 0 Å². The van der Waals surface area contributed by atoms with Gasteiger partial charge in [0.2, 0.25) is 6.33 Å². The molecule has 1 aliphatic rings. The average Bonchev–Trinajstić information content (AvgIpc) is 3.23. The Balaban J connectivity index is 0.000000180. The zero-order valence-electron chi connectivity index (χ0n) is 19.5. The quantitative estimate of drug-likeness (QED) is 0.188. The fourth-order valence-corrected chi connectivity index (χ4v) is 4.20. The normalized spacial score (nSPS) is 11.5. The Morgan fingerprint density at radius 3 is 2.41 bits per heavy atom. The molecular formula is C29H26IrN4+. The topological polar surface area (TPSA) is 24.9 Å². The van der Waals surface area contributed by atoms with E-state index >= 15 is 0 Å². The first-order valence-electron chi connectivity index (χ1n) is 11.2. The van der Waals surface area contributed by atoms with Gasteiger partial charge in [0.15, 0.2) is 0 Å². The van der Waals surface area contributed by atoms with Crippen LogP contribution in [-0.2, 0) is 26.7 Å². The van der Waals surface area contributed by atoms with E-state index in [0.717, 1.165) is 23.5 Å². The number of hydrogen-bond acceptors (Lipinski definition) is 2. The van der Waals surface area contributed by atoms with Crippen molar-refractivity contribution in [3.05, 3.63) is 104 Å². The molecule has 0 radical (unpaired) electrons. The number of fused-ring (bicyclic) bond motifs is 2. The molecule has 5 heteroatoms. The Morgan fingerprint density at radius 1 is 0.882 bits per heavy atom. The van der Waals surface area contributed by atoms with E-state index in [2.05, 4.69) is 82.6 Å². The van der Waals surface area contributed by atoms with Crippen LogP contribution in [-0.4, -0.2) is 16.6 Å². The van der Waals surface area contributed by atoms with E-state index in [9.17, 15) is 0 Å². The van der Waals surface area contributed by atoms with Crippen molar-refractivity contribution in [3.8, 4) is 16.9 Å². The standard InChI is InChI=1S/C18H18N3.C11H8N.Ir/c1-13(2)11-20-12-21-15-8-5-4-7-14(15)19(3)16-9-6-10-17(20)18(16)21;1-2-6-10(7-3-1)11-8-4-5-9-12-11;/h4-7,9-10,13H,11H2,1-3H3;1-6,8-9H;/q2*-1;+3. The molecule has 0 fully saturated rings. The molecule has 0 unspecified atom stereocenters. The van der Waals surface area contributed by atoms with Gasteiger partial charge in [-0.15, -0.1) is 35.9 Å². The molecule has 5 aromatic rings. The Hall–Kier alpha value is -3.27. The first-order chi connectivity index (χ1) is 16.1. The Kier molecular flexibility index (Phi) is 7.26. The minimum atomic E-state index is 0. The molecule has 0 saturated carbocycles. The van der Waals surface area contributed by atoms with Crippen LogP contribution in [0.1, 0.15) is 13.8 Å². The van der Waals surface area contributed by atoms with Crippen molar-refractivity contribution < 1.29 is 24.7 Å². The number of nitrogens with zero attached hydrogens (tertiary/aromatic N) is 4. The maximum atomic E-state index is 4.22. The molecule has 0 bridgehead atoms. The van der Waals surface area contributed by atoms with Crippen LogP contribution >= 0.6 is 0 Å². The Bertz CT molecular complexity index is 1340. The predicted molar refractivity (Wildman–Crippen MR) is 133 cm³/mol. The minimum Gasteiger partial charge on any atom is -0.407 e. The van der Waals surface area contributed by atoms with Gasteiger partial charge in [0, 0.05) is 11.9 Å². The molecule has 170 valence electrons. The molecule has 0 atom stereocenters. The van der Waals surface area contributed by atoms with E-state index in [-0.39, 0.29) is 20.1 Å². The van der Waals surface area contributed by atoms with Crippen LogP contribution < -0.4 is 9.47 Å². The van der Waals surface area contributed by atoms with Gasteiger partial charge in [-0.25, -0.2) is 0 Å². The van der Waals surface area contributed by atoms with Crippen molar-refractivity contribution in [3.63, 3.8) is 0 Å². The van der Waals surface area contributed by atoms with Crippen molar-refractivity contribution in [2.75, 3.05) is 11.9 Å². The summed E-state index contributed by atoms with van der Waals surface area (Å²) in [7, 11) is 2.12. The van der Waals surface area contributed by atoms with Gasteiger partial charge >= 0.3 is 20.1 Å². The largest absolute Gasteiger partial charge is 3.00 e. The summed E-state index contributed by atoms with van der Waals surface area (Å²) in [5.41, 5.74) is 7.92. The van der Waals surface area contributed by atoms with E-state index in [1.807, 2.05) is 54.6 Å². The maximum Gasteiger partial charge on any atom is 3.00 e. The third kappa shape index (κ3) is 4.54. The number of rotatable bonds is 3. The second-order valence-electron chi connectivity index (χ2n) is 8.54. The van der Waals surface area contributed by atoms with E-state index in [4.69, 9.17) is 0 Å². The van der Waals surface area contributed by atoms with Crippen molar-refractivity contribution in [1.82, 2.24) is 9.55 Å². The summed E-state index contributed by atoms with van der Waals surface area (Å²) < 4.78 is 4.38. The SMILES string of the molecule is CC(C)Cn1[c-][n+]2c3c(cccc31)N(C)c1ccc[c-]c1-2.[Ir+3].[c-]1ccccc1-c1ccccn1. The number of para-hydroxylation sites is 2. The van der Waals surface area contributed by atoms with Crippen LogP contribution in [0.4, 0.5) is 11.4 Å². The number of aromatic nitrogens is 3. The summed E-state index contributed by atoms with van der Waals surface area (Å²) in [6, 6.07) is 32.8. The fourth-order valence-electron chi connectivity index (χ4n) is 4.20. The van der Waals surface area contributed by atoms with E-state index in [1.165, 1.54) is 22.4 Å². The van der Waals surface area contributed by atoms with Crippen LogP contribution in [0.3, 0.4) is 0 Å². The first-order valence-corrected chi connectivity index (χ1v) is 11.2. The summed E-state index contributed by atoms with van der Waals surface area (Å²) in [6.07, 6.45) is 5.30. The molecule has 3 aromatic carbocycles. The molecule has 6 rings (SSSR count). The van der Waals surface area contributed by atoms with Gasteiger partial charge in [-0.1, -0.05) is 43.8 Å². The van der Waals surface area contributed by atoms with Crippen molar-refractivity contribution in [1.29, 1.82) is 0 Å². The van der Waals surface area contributed by atoms with E-state index in [0.29, 0.717) is 5.92 Å². The zero-order chi connectivity index (χ0) is 22.8. The van der Waals surface area contributed by atoms with Crippen molar-refractivity contribution in [2.24, 2.45) is 5.92 Å².